The minimum absolute atomic E-state index is 0. The van der Waals surface area contributed by atoms with Gasteiger partial charge in [-0.3, -0.25) is 9.59 Å². The number of nitrogens with zero attached hydrogens (tertiary/aromatic N) is 1. The van der Waals surface area contributed by atoms with Gasteiger partial charge >= 0.3 is 0 Å². The highest BCUT2D eigenvalue weighted by Gasteiger charge is 2.53. The minimum Gasteiger partial charge on any atom is -0.381 e. The van der Waals surface area contributed by atoms with Gasteiger partial charge in [0, 0.05) is 32.2 Å². The Morgan fingerprint density at radius 1 is 1.08 bits per heavy atom. The fraction of sp³-hybridized carbons (Fsp3) is 0.800. The zero-order chi connectivity index (χ0) is 24.0. The molecule has 2 amide bonds. The lowest BCUT2D eigenvalue weighted by Gasteiger charge is -2.56. The van der Waals surface area contributed by atoms with E-state index in [2.05, 4.69) is 43.1 Å². The van der Waals surface area contributed by atoms with Gasteiger partial charge in [-0.15, -0.1) is 0 Å². The third-order valence-corrected chi connectivity index (χ3v) is 8.96. The van der Waals surface area contributed by atoms with Crippen LogP contribution in [0.25, 0.3) is 0 Å². The first-order valence-corrected chi connectivity index (χ1v) is 13.7. The van der Waals surface area contributed by atoms with Gasteiger partial charge in [-0.1, -0.05) is 53.9 Å². The first-order valence-electron chi connectivity index (χ1n) is 12.8. The average Bonchev–Trinajstić information content (AvgIpc) is 3.52. The quantitative estimate of drug-likeness (QED) is 0.308. The number of ether oxygens (including phenoxy) is 1. The van der Waals surface area contributed by atoms with E-state index >= 15 is 0 Å². The molecule has 210 valence electrons. The molecule has 0 aromatic carbocycles. The van der Waals surface area contributed by atoms with Crippen molar-refractivity contribution in [1.29, 1.82) is 0 Å². The molecule has 0 bridgehead atoms. The molecular weight excluding hydrogens is 468 g/mol. The summed E-state index contributed by atoms with van der Waals surface area (Å²) in [5, 5.41) is 2.59. The second-order valence-corrected chi connectivity index (χ2v) is 10.5. The van der Waals surface area contributed by atoms with E-state index in [-0.39, 0.29) is 45.4 Å². The van der Waals surface area contributed by atoms with Crippen LogP contribution in [0.1, 0.15) is 80.6 Å². The maximum atomic E-state index is 12.1. The molecule has 2 saturated carbocycles. The number of rotatable bonds is 1. The Balaban J connectivity index is 0.000000752. The molecule has 0 spiro atoms. The molecular formula is C30H56N2O3S. The molecule has 0 aromatic heterocycles. The van der Waals surface area contributed by atoms with Crippen LogP contribution in [-0.2, 0) is 14.3 Å². The van der Waals surface area contributed by atoms with Gasteiger partial charge in [0.15, 0.2) is 0 Å². The van der Waals surface area contributed by atoms with E-state index in [0.717, 1.165) is 36.7 Å². The van der Waals surface area contributed by atoms with Gasteiger partial charge in [0.25, 0.3) is 0 Å². The maximum absolute atomic E-state index is 12.1. The lowest BCUT2D eigenvalue weighted by molar-refractivity contribution is -0.135. The maximum Gasteiger partial charge on any atom is 0.246 e. The number of nitrogens with one attached hydrogen (secondary N) is 1. The lowest BCUT2D eigenvalue weighted by atomic mass is 9.53. The van der Waals surface area contributed by atoms with Crippen LogP contribution in [0, 0.1) is 35.0 Å². The van der Waals surface area contributed by atoms with Crippen molar-refractivity contribution in [3.05, 3.63) is 24.3 Å². The van der Waals surface area contributed by atoms with E-state index in [1.165, 1.54) is 44.9 Å². The van der Waals surface area contributed by atoms with Crippen molar-refractivity contribution in [3.8, 4) is 0 Å². The lowest BCUT2D eigenvalue weighted by Crippen LogP contribution is -2.57. The molecule has 2 aliphatic heterocycles. The second-order valence-electron chi connectivity index (χ2n) is 10.5. The van der Waals surface area contributed by atoms with Crippen LogP contribution in [0.3, 0.4) is 0 Å². The molecule has 3 aliphatic carbocycles. The number of amides is 2. The zero-order valence-corrected chi connectivity index (χ0v) is 21.9. The summed E-state index contributed by atoms with van der Waals surface area (Å²) in [6.45, 7) is 3.76. The van der Waals surface area contributed by atoms with Gasteiger partial charge in [-0.05, 0) is 80.9 Å². The number of carbonyl (C=O) groups is 2. The van der Waals surface area contributed by atoms with Crippen LogP contribution in [0.4, 0.5) is 0 Å². The Hall–Kier alpha value is -1.27. The van der Waals surface area contributed by atoms with Crippen molar-refractivity contribution in [3.63, 3.8) is 0 Å². The van der Waals surface area contributed by atoms with Crippen molar-refractivity contribution in [2.24, 2.45) is 35.0 Å². The van der Waals surface area contributed by atoms with Crippen molar-refractivity contribution in [2.45, 2.75) is 86.6 Å². The Morgan fingerprint density at radius 3 is 2.44 bits per heavy atom. The molecule has 5 aliphatic rings. The van der Waals surface area contributed by atoms with Crippen LogP contribution in [0.5, 0.6) is 0 Å². The third kappa shape index (κ3) is 7.18. The van der Waals surface area contributed by atoms with Crippen LogP contribution in [0.15, 0.2) is 24.3 Å². The number of fused-ring (bicyclic) bond motifs is 5. The van der Waals surface area contributed by atoms with Gasteiger partial charge in [0.1, 0.15) is 0 Å². The van der Waals surface area contributed by atoms with E-state index in [4.69, 9.17) is 4.74 Å². The first kappa shape index (κ1) is 34.7. The van der Waals surface area contributed by atoms with Crippen molar-refractivity contribution in [2.75, 3.05) is 33.6 Å². The number of carbonyl (C=O) groups excluding carboxylic acids is 2. The van der Waals surface area contributed by atoms with Gasteiger partial charge in [0.2, 0.25) is 11.8 Å². The number of hydrogen-bond donors (Lipinski definition) is 2. The molecule has 5 unspecified atom stereocenters. The number of thiol groups is 1. The predicted molar refractivity (Wildman–Crippen MR) is 157 cm³/mol. The van der Waals surface area contributed by atoms with Gasteiger partial charge in [-0.25, -0.2) is 0 Å². The minimum atomic E-state index is 0. The van der Waals surface area contributed by atoms with Crippen molar-refractivity contribution in [1.82, 2.24) is 10.2 Å². The van der Waals surface area contributed by atoms with Crippen LogP contribution >= 0.6 is 12.6 Å². The molecule has 0 radical (unpaired) electrons. The molecule has 1 saturated heterocycles. The molecule has 7 atom stereocenters. The molecule has 5 rings (SSSR count). The summed E-state index contributed by atoms with van der Waals surface area (Å²) in [5.41, 5.74) is 0.184. The molecule has 6 heteroatoms. The normalized spacial score (nSPS) is 35.7. The van der Waals surface area contributed by atoms with Crippen LogP contribution in [-0.4, -0.2) is 56.3 Å². The topological polar surface area (TPSA) is 58.6 Å². The summed E-state index contributed by atoms with van der Waals surface area (Å²) in [5.74, 6) is 3.75. The molecule has 36 heavy (non-hydrogen) atoms. The highest BCUT2D eigenvalue weighted by Crippen LogP contribution is 2.56. The van der Waals surface area contributed by atoms with Gasteiger partial charge in [-0.2, -0.15) is 12.6 Å². The fourth-order valence-corrected chi connectivity index (χ4v) is 7.26. The second kappa shape index (κ2) is 15.9. The zero-order valence-electron chi connectivity index (χ0n) is 21.0. The summed E-state index contributed by atoms with van der Waals surface area (Å²) < 4.78 is 5.02. The number of likely N-dealkylation sites (N-methyl/N-ethyl adjacent to an activating group) is 1. The number of allylic oxidation sites excluding steroid dienone is 2. The standard InChI is InChI=1S/C20H29NO.C6H11NO2.CH4S.3CH4/c1-20-13-12-19(22)21(2)18(20)11-10-16-15-8-5-7-14(15)6-3-4-9-17(16)20;1-7-6(8)5-2-3-9-4-5;1-2;;;/h3,6,12-18H,4-5,7-11H2,1-2H3;5H,2-4H2,1H3,(H,7,8);2H,1H3;3*1H4/t14?,15?,16-,17?,18?,20+;;;;;/m0...../s1. The third-order valence-electron chi connectivity index (χ3n) is 8.96. The summed E-state index contributed by atoms with van der Waals surface area (Å²) in [4.78, 5) is 24.9. The Kier molecular flexibility index (Phi) is 15.3. The summed E-state index contributed by atoms with van der Waals surface area (Å²) >= 11 is 3.53. The SMILES string of the molecule is C.C.C.CN1C(=O)C=C[C@]2(C)C3CCC=CC4CCCC4[C@@H]3CCC12.CNC(=O)C1CCOC1.CS. The predicted octanol–water partition coefficient (Wildman–Crippen LogP) is 6.41. The highest BCUT2D eigenvalue weighted by atomic mass is 32.1. The van der Waals surface area contributed by atoms with Gasteiger partial charge in [0.05, 0.1) is 12.5 Å². The summed E-state index contributed by atoms with van der Waals surface area (Å²) in [7, 11) is 3.66. The van der Waals surface area contributed by atoms with Gasteiger partial charge < -0.3 is 15.0 Å². The monoisotopic (exact) mass is 524 g/mol. The Bertz CT molecular complexity index is 734. The van der Waals surface area contributed by atoms with E-state index in [1.54, 1.807) is 13.3 Å². The van der Waals surface area contributed by atoms with Crippen molar-refractivity contribution >= 4 is 24.4 Å². The van der Waals surface area contributed by atoms with E-state index in [1.807, 2.05) is 18.0 Å². The molecule has 3 fully saturated rings. The molecule has 2 heterocycles. The van der Waals surface area contributed by atoms with Crippen LogP contribution in [0.2, 0.25) is 0 Å². The molecule has 5 nitrogen and oxygen atoms in total. The highest BCUT2D eigenvalue weighted by molar-refractivity contribution is 7.79. The smallest absolute Gasteiger partial charge is 0.246 e. The largest absolute Gasteiger partial charge is 0.381 e. The fourth-order valence-electron chi connectivity index (χ4n) is 7.26. The first-order chi connectivity index (χ1) is 16.0. The van der Waals surface area contributed by atoms with E-state index in [9.17, 15) is 9.59 Å². The summed E-state index contributed by atoms with van der Waals surface area (Å²) in [6.07, 6.45) is 21.0. The summed E-state index contributed by atoms with van der Waals surface area (Å²) in [6, 6.07) is 0.412. The van der Waals surface area contributed by atoms with E-state index in [0.29, 0.717) is 12.6 Å². The number of hydrogen-bond acceptors (Lipinski definition) is 4. The van der Waals surface area contributed by atoms with Crippen molar-refractivity contribution < 1.29 is 14.3 Å². The Morgan fingerprint density at radius 2 is 1.81 bits per heavy atom. The van der Waals surface area contributed by atoms with Crippen LogP contribution < -0.4 is 5.32 Å². The van der Waals surface area contributed by atoms with E-state index < -0.39 is 0 Å². The molecule has 1 N–H and O–H groups in total. The molecule has 0 aromatic rings. The Labute approximate surface area is 228 Å². The average molecular weight is 525 g/mol.